The summed E-state index contributed by atoms with van der Waals surface area (Å²) < 4.78 is 4.57. The van der Waals surface area contributed by atoms with Crippen molar-refractivity contribution in [1.29, 1.82) is 0 Å². The number of aliphatic hydroxyl groups is 1. The van der Waals surface area contributed by atoms with E-state index in [9.17, 15) is 14.7 Å². The van der Waals surface area contributed by atoms with Crippen LogP contribution in [-0.2, 0) is 14.3 Å². The maximum atomic E-state index is 11.0. The van der Waals surface area contributed by atoms with E-state index in [-0.39, 0.29) is 18.8 Å². The summed E-state index contributed by atoms with van der Waals surface area (Å²) in [4.78, 5) is 21.6. The Bertz CT molecular complexity index is 183. The Labute approximate surface area is 71.5 Å². The fourth-order valence-electron chi connectivity index (χ4n) is 0.843. The average Bonchev–Trinajstić information content (AvgIpc) is 1.85. The van der Waals surface area contributed by atoms with Crippen molar-refractivity contribution >= 4 is 11.8 Å². The summed E-state index contributed by atoms with van der Waals surface area (Å²) in [5.74, 6) is -0.992. The zero-order valence-corrected chi connectivity index (χ0v) is 7.59. The minimum absolute atomic E-state index is 0.201. The summed E-state index contributed by atoms with van der Waals surface area (Å²) in [6.07, 6.45) is -0.203. The second-order valence-electron chi connectivity index (χ2n) is 2.87. The van der Waals surface area contributed by atoms with Gasteiger partial charge in [0.15, 0.2) is 5.60 Å². The Morgan fingerprint density at radius 1 is 1.50 bits per heavy atom. The number of Topliss-reactive ketones (excluding diaryl/α,β-unsaturated/α-hetero) is 1. The Balaban J connectivity index is 4.18. The molecule has 0 radical (unpaired) electrons. The molecule has 0 saturated heterocycles. The number of carbonyl (C=O) groups is 2. The summed E-state index contributed by atoms with van der Waals surface area (Å²) in [5, 5.41) is 9.39. The quantitative estimate of drug-likeness (QED) is 0.622. The molecule has 4 heteroatoms. The fourth-order valence-corrected chi connectivity index (χ4v) is 0.843. The molecule has 0 fully saturated rings. The van der Waals surface area contributed by atoms with Gasteiger partial charge in [0.2, 0.25) is 0 Å². The summed E-state index contributed by atoms with van der Waals surface area (Å²) in [6, 6.07) is 0. The van der Waals surface area contributed by atoms with Gasteiger partial charge < -0.3 is 9.84 Å². The van der Waals surface area contributed by atoms with Crippen LogP contribution in [0.4, 0.5) is 0 Å². The summed E-state index contributed by atoms with van der Waals surface area (Å²) in [7, 11) is 0. The first-order chi connectivity index (χ1) is 5.40. The lowest BCUT2D eigenvalue weighted by Gasteiger charge is -2.18. The van der Waals surface area contributed by atoms with Crippen molar-refractivity contribution in [3.05, 3.63) is 0 Å². The fraction of sp³-hybridized carbons (Fsp3) is 0.750. The monoisotopic (exact) mass is 174 g/mol. The first-order valence-electron chi connectivity index (χ1n) is 3.79. The predicted octanol–water partition coefficient (Wildman–Crippen LogP) is 0.280. The van der Waals surface area contributed by atoms with Gasteiger partial charge in [0.1, 0.15) is 5.78 Å². The molecule has 1 N–H and O–H groups in total. The van der Waals surface area contributed by atoms with Crippen LogP contribution in [0.25, 0.3) is 0 Å². The minimum atomic E-state index is -1.68. The van der Waals surface area contributed by atoms with Crippen molar-refractivity contribution in [2.24, 2.45) is 0 Å². The third-order valence-corrected chi connectivity index (χ3v) is 1.31. The third-order valence-electron chi connectivity index (χ3n) is 1.31. The van der Waals surface area contributed by atoms with Gasteiger partial charge >= 0.3 is 5.97 Å². The van der Waals surface area contributed by atoms with Gasteiger partial charge in [-0.3, -0.25) is 4.79 Å². The molecule has 0 saturated carbocycles. The molecule has 0 rings (SSSR count). The Kier molecular flexibility index (Phi) is 3.89. The van der Waals surface area contributed by atoms with Gasteiger partial charge in [0.25, 0.3) is 0 Å². The smallest absolute Gasteiger partial charge is 0.338 e. The number of carbonyl (C=O) groups excluding carboxylic acids is 2. The van der Waals surface area contributed by atoms with Gasteiger partial charge in [0, 0.05) is 6.42 Å². The molecular weight excluding hydrogens is 160 g/mol. The van der Waals surface area contributed by atoms with Gasteiger partial charge in [-0.1, -0.05) is 0 Å². The molecule has 70 valence electrons. The topological polar surface area (TPSA) is 63.6 Å². The number of esters is 1. The highest BCUT2D eigenvalue weighted by molar-refractivity contribution is 5.87. The van der Waals surface area contributed by atoms with Crippen molar-refractivity contribution in [1.82, 2.24) is 0 Å². The highest BCUT2D eigenvalue weighted by Crippen LogP contribution is 2.11. The van der Waals surface area contributed by atoms with E-state index in [2.05, 4.69) is 4.74 Å². The van der Waals surface area contributed by atoms with Crippen molar-refractivity contribution in [2.75, 3.05) is 6.61 Å². The van der Waals surface area contributed by atoms with E-state index in [4.69, 9.17) is 0 Å². The Morgan fingerprint density at radius 2 is 2.00 bits per heavy atom. The van der Waals surface area contributed by atoms with Crippen LogP contribution in [0.2, 0.25) is 0 Å². The van der Waals surface area contributed by atoms with Crippen LogP contribution in [0.3, 0.4) is 0 Å². The number of hydrogen-bond donors (Lipinski definition) is 1. The average molecular weight is 174 g/mol. The molecule has 0 amide bonds. The van der Waals surface area contributed by atoms with E-state index < -0.39 is 11.6 Å². The molecule has 12 heavy (non-hydrogen) atoms. The second kappa shape index (κ2) is 4.21. The molecular formula is C8H14O4. The zero-order valence-electron chi connectivity index (χ0n) is 7.59. The van der Waals surface area contributed by atoms with Crippen LogP contribution >= 0.6 is 0 Å². The van der Waals surface area contributed by atoms with Gasteiger partial charge in [-0.25, -0.2) is 4.79 Å². The molecule has 4 nitrogen and oxygen atoms in total. The van der Waals surface area contributed by atoms with E-state index in [1.54, 1.807) is 6.92 Å². The van der Waals surface area contributed by atoms with E-state index in [1.807, 2.05) is 0 Å². The minimum Gasteiger partial charge on any atom is -0.464 e. The van der Waals surface area contributed by atoms with Gasteiger partial charge in [0.05, 0.1) is 6.61 Å². The second-order valence-corrected chi connectivity index (χ2v) is 2.87. The van der Waals surface area contributed by atoms with E-state index in [0.29, 0.717) is 0 Å². The molecule has 0 heterocycles. The largest absolute Gasteiger partial charge is 0.464 e. The molecule has 0 bridgehead atoms. The highest BCUT2D eigenvalue weighted by atomic mass is 16.5. The Hall–Kier alpha value is -0.900. The standard InChI is InChI=1S/C8H14O4/c1-4-12-7(10)8(3,11)5-6(2)9/h11H,4-5H2,1-3H3/t8-/m1/s1. The number of hydrogen-bond acceptors (Lipinski definition) is 4. The van der Waals surface area contributed by atoms with E-state index >= 15 is 0 Å². The van der Waals surface area contributed by atoms with Gasteiger partial charge in [-0.2, -0.15) is 0 Å². The molecule has 0 aliphatic heterocycles. The molecule has 0 unspecified atom stereocenters. The van der Waals surface area contributed by atoms with Crippen LogP contribution in [0.15, 0.2) is 0 Å². The molecule has 0 aliphatic carbocycles. The molecule has 0 aromatic carbocycles. The van der Waals surface area contributed by atoms with E-state index in [0.717, 1.165) is 0 Å². The number of ketones is 1. The Morgan fingerprint density at radius 3 is 2.33 bits per heavy atom. The molecule has 0 aromatic heterocycles. The number of ether oxygens (including phenoxy) is 1. The number of rotatable bonds is 4. The van der Waals surface area contributed by atoms with Crippen LogP contribution in [-0.4, -0.2) is 29.1 Å². The summed E-state index contributed by atoms with van der Waals surface area (Å²) in [5.41, 5.74) is -1.68. The first-order valence-corrected chi connectivity index (χ1v) is 3.79. The predicted molar refractivity (Wildman–Crippen MR) is 42.6 cm³/mol. The first kappa shape index (κ1) is 11.1. The zero-order chi connectivity index (χ0) is 9.78. The van der Waals surface area contributed by atoms with Gasteiger partial charge in [-0.05, 0) is 20.8 Å². The maximum Gasteiger partial charge on any atom is 0.338 e. The van der Waals surface area contributed by atoms with Crippen molar-refractivity contribution in [3.8, 4) is 0 Å². The SMILES string of the molecule is CCOC(=O)[C@](C)(O)CC(C)=O. The lowest BCUT2D eigenvalue weighted by molar-refractivity contribution is -0.165. The van der Waals surface area contributed by atoms with E-state index in [1.165, 1.54) is 13.8 Å². The summed E-state index contributed by atoms with van der Waals surface area (Å²) >= 11 is 0. The van der Waals surface area contributed by atoms with Crippen LogP contribution in [0.5, 0.6) is 0 Å². The summed E-state index contributed by atoms with van der Waals surface area (Å²) in [6.45, 7) is 4.43. The highest BCUT2D eigenvalue weighted by Gasteiger charge is 2.33. The lowest BCUT2D eigenvalue weighted by Crippen LogP contribution is -2.38. The van der Waals surface area contributed by atoms with Gasteiger partial charge in [-0.15, -0.1) is 0 Å². The van der Waals surface area contributed by atoms with Crippen LogP contribution in [0.1, 0.15) is 27.2 Å². The van der Waals surface area contributed by atoms with Crippen LogP contribution in [0, 0.1) is 0 Å². The van der Waals surface area contributed by atoms with Crippen molar-refractivity contribution < 1.29 is 19.4 Å². The van der Waals surface area contributed by atoms with Crippen molar-refractivity contribution in [2.45, 2.75) is 32.8 Å². The van der Waals surface area contributed by atoms with Crippen LogP contribution < -0.4 is 0 Å². The molecule has 0 aliphatic rings. The molecule has 0 spiro atoms. The molecule has 0 aromatic rings. The normalized spacial score (nSPS) is 15.0. The molecule has 1 atom stereocenters. The van der Waals surface area contributed by atoms with Crippen molar-refractivity contribution in [3.63, 3.8) is 0 Å². The third kappa shape index (κ3) is 3.48. The maximum absolute atomic E-state index is 11.0. The lowest BCUT2D eigenvalue weighted by atomic mass is 10.0.